The third kappa shape index (κ3) is 3.19. The maximum atomic E-state index is 11.9. The van der Waals surface area contributed by atoms with E-state index >= 15 is 0 Å². The van der Waals surface area contributed by atoms with Crippen LogP contribution in [0, 0.1) is 10.1 Å². The average Bonchev–Trinajstić information content (AvgIpc) is 2.27. The highest BCUT2D eigenvalue weighted by atomic mass is 16.6. The molecule has 0 aliphatic heterocycles. The van der Waals surface area contributed by atoms with E-state index in [-0.39, 0.29) is 23.1 Å². The number of hydrogen-bond donors (Lipinski definition) is 0. The molecule has 0 atom stereocenters. The van der Waals surface area contributed by atoms with Crippen molar-refractivity contribution < 1.29 is 19.2 Å². The van der Waals surface area contributed by atoms with Crippen LogP contribution in [0.3, 0.4) is 0 Å². The Morgan fingerprint density at radius 3 is 2.61 bits per heavy atom. The molecule has 0 bridgehead atoms. The number of rotatable bonds is 5. The standard InChI is InChI=1S/C12H15NO5/c1-4-17-10-7-5-6-9(13(15)16)11(10)12(14)18-8(2)3/h5-8H,4H2,1-3H3. The first kappa shape index (κ1) is 14.0. The topological polar surface area (TPSA) is 78.7 Å². The van der Waals surface area contributed by atoms with Crippen molar-refractivity contribution in [2.45, 2.75) is 26.9 Å². The van der Waals surface area contributed by atoms with E-state index in [1.165, 1.54) is 18.2 Å². The molecule has 1 rings (SSSR count). The van der Waals surface area contributed by atoms with Gasteiger partial charge in [-0.3, -0.25) is 10.1 Å². The minimum atomic E-state index is -0.749. The number of nitro benzene ring substituents is 1. The van der Waals surface area contributed by atoms with Crippen LogP contribution in [0.5, 0.6) is 5.75 Å². The van der Waals surface area contributed by atoms with Crippen LogP contribution in [0.25, 0.3) is 0 Å². The van der Waals surface area contributed by atoms with Crippen LogP contribution in [0.15, 0.2) is 18.2 Å². The molecule has 0 fully saturated rings. The number of carbonyl (C=O) groups is 1. The Kier molecular flexibility index (Phi) is 4.65. The Balaban J connectivity index is 3.26. The van der Waals surface area contributed by atoms with Gasteiger partial charge in [0.25, 0.3) is 5.69 Å². The van der Waals surface area contributed by atoms with Gasteiger partial charge in [-0.25, -0.2) is 4.79 Å². The first-order chi connectivity index (χ1) is 8.47. The van der Waals surface area contributed by atoms with Gasteiger partial charge in [0.05, 0.1) is 17.6 Å². The lowest BCUT2D eigenvalue weighted by molar-refractivity contribution is -0.385. The van der Waals surface area contributed by atoms with Crippen molar-refractivity contribution in [3.63, 3.8) is 0 Å². The molecule has 0 aliphatic rings. The average molecular weight is 253 g/mol. The van der Waals surface area contributed by atoms with E-state index in [1.807, 2.05) is 0 Å². The van der Waals surface area contributed by atoms with Gasteiger partial charge >= 0.3 is 5.97 Å². The van der Waals surface area contributed by atoms with Gasteiger partial charge in [-0.05, 0) is 26.8 Å². The van der Waals surface area contributed by atoms with Crippen LogP contribution in [0.4, 0.5) is 5.69 Å². The summed E-state index contributed by atoms with van der Waals surface area (Å²) in [4.78, 5) is 22.2. The van der Waals surface area contributed by atoms with Crippen molar-refractivity contribution >= 4 is 11.7 Å². The SMILES string of the molecule is CCOc1cccc([N+](=O)[O-])c1C(=O)OC(C)C. The second kappa shape index (κ2) is 6.00. The summed E-state index contributed by atoms with van der Waals surface area (Å²) in [7, 11) is 0. The highest BCUT2D eigenvalue weighted by Crippen LogP contribution is 2.29. The zero-order valence-electron chi connectivity index (χ0n) is 10.5. The van der Waals surface area contributed by atoms with Crippen molar-refractivity contribution in [1.29, 1.82) is 0 Å². The quantitative estimate of drug-likeness (QED) is 0.457. The predicted octanol–water partition coefficient (Wildman–Crippen LogP) is 2.56. The molecule has 1 aromatic rings. The van der Waals surface area contributed by atoms with Gasteiger partial charge in [0.1, 0.15) is 5.75 Å². The van der Waals surface area contributed by atoms with Crippen molar-refractivity contribution in [2.24, 2.45) is 0 Å². The maximum absolute atomic E-state index is 11.9. The molecule has 18 heavy (non-hydrogen) atoms. The number of benzene rings is 1. The molecule has 0 spiro atoms. The van der Waals surface area contributed by atoms with E-state index in [4.69, 9.17) is 9.47 Å². The van der Waals surface area contributed by atoms with Crippen LogP contribution in [0.2, 0.25) is 0 Å². The molecule has 0 N–H and O–H groups in total. The summed E-state index contributed by atoms with van der Waals surface area (Å²) in [5, 5.41) is 10.9. The minimum absolute atomic E-state index is 0.141. The first-order valence-corrected chi connectivity index (χ1v) is 5.58. The largest absolute Gasteiger partial charge is 0.493 e. The highest BCUT2D eigenvalue weighted by molar-refractivity contribution is 5.97. The number of esters is 1. The molecular formula is C12H15NO5. The van der Waals surface area contributed by atoms with Crippen molar-refractivity contribution in [1.82, 2.24) is 0 Å². The first-order valence-electron chi connectivity index (χ1n) is 5.58. The molecule has 1 aromatic carbocycles. The molecule has 0 unspecified atom stereocenters. The molecule has 0 saturated heterocycles. The highest BCUT2D eigenvalue weighted by Gasteiger charge is 2.26. The Morgan fingerprint density at radius 2 is 2.11 bits per heavy atom. The minimum Gasteiger partial charge on any atom is -0.493 e. The zero-order valence-corrected chi connectivity index (χ0v) is 10.5. The molecule has 98 valence electrons. The fourth-order valence-corrected chi connectivity index (χ4v) is 1.43. The second-order valence-corrected chi connectivity index (χ2v) is 3.79. The fourth-order valence-electron chi connectivity index (χ4n) is 1.43. The summed E-state index contributed by atoms with van der Waals surface area (Å²) in [6, 6.07) is 4.22. The van der Waals surface area contributed by atoms with E-state index in [9.17, 15) is 14.9 Å². The molecule has 6 nitrogen and oxygen atoms in total. The van der Waals surface area contributed by atoms with Crippen LogP contribution in [-0.2, 0) is 4.74 Å². The van der Waals surface area contributed by atoms with E-state index in [0.717, 1.165) is 0 Å². The molecule has 0 aliphatic carbocycles. The number of carbonyl (C=O) groups excluding carboxylic acids is 1. The Morgan fingerprint density at radius 1 is 1.44 bits per heavy atom. The van der Waals surface area contributed by atoms with Crippen molar-refractivity contribution in [3.05, 3.63) is 33.9 Å². The molecule has 0 heterocycles. The van der Waals surface area contributed by atoms with Gasteiger partial charge in [-0.2, -0.15) is 0 Å². The monoisotopic (exact) mass is 253 g/mol. The normalized spacial score (nSPS) is 10.2. The number of hydrogen-bond acceptors (Lipinski definition) is 5. The summed E-state index contributed by atoms with van der Waals surface area (Å²) in [6.07, 6.45) is -0.355. The predicted molar refractivity (Wildman–Crippen MR) is 64.8 cm³/mol. The molecule has 0 radical (unpaired) electrons. The lowest BCUT2D eigenvalue weighted by Gasteiger charge is -2.12. The van der Waals surface area contributed by atoms with Crippen LogP contribution in [0.1, 0.15) is 31.1 Å². The van der Waals surface area contributed by atoms with Gasteiger partial charge in [-0.15, -0.1) is 0 Å². The second-order valence-electron chi connectivity index (χ2n) is 3.79. The van der Waals surface area contributed by atoms with Gasteiger partial charge in [0, 0.05) is 6.07 Å². The smallest absolute Gasteiger partial charge is 0.349 e. The van der Waals surface area contributed by atoms with Gasteiger partial charge in [0.15, 0.2) is 5.56 Å². The van der Waals surface area contributed by atoms with Crippen molar-refractivity contribution in [3.8, 4) is 5.75 Å². The van der Waals surface area contributed by atoms with Gasteiger partial charge in [-0.1, -0.05) is 6.07 Å². The Bertz CT molecular complexity index is 456. The van der Waals surface area contributed by atoms with Crippen molar-refractivity contribution in [2.75, 3.05) is 6.61 Å². The van der Waals surface area contributed by atoms with Crippen LogP contribution < -0.4 is 4.74 Å². The molecule has 0 saturated carbocycles. The summed E-state index contributed by atoms with van der Waals surface area (Å²) < 4.78 is 10.2. The maximum Gasteiger partial charge on any atom is 0.349 e. The fraction of sp³-hybridized carbons (Fsp3) is 0.417. The summed E-state index contributed by atoms with van der Waals surface area (Å²) in [5.74, 6) is -0.585. The van der Waals surface area contributed by atoms with Crippen LogP contribution >= 0.6 is 0 Å². The molecule has 0 aromatic heterocycles. The summed E-state index contributed by atoms with van der Waals surface area (Å²) in [5.41, 5.74) is -0.454. The molecular weight excluding hydrogens is 238 g/mol. The number of nitro groups is 1. The summed E-state index contributed by atoms with van der Waals surface area (Å²) in [6.45, 7) is 5.39. The summed E-state index contributed by atoms with van der Waals surface area (Å²) >= 11 is 0. The number of nitrogens with zero attached hydrogens (tertiary/aromatic N) is 1. The van der Waals surface area contributed by atoms with E-state index in [0.29, 0.717) is 6.61 Å². The van der Waals surface area contributed by atoms with E-state index < -0.39 is 10.9 Å². The third-order valence-corrected chi connectivity index (χ3v) is 2.05. The molecule has 6 heteroatoms. The van der Waals surface area contributed by atoms with E-state index in [1.54, 1.807) is 20.8 Å². The Labute approximate surface area is 105 Å². The lowest BCUT2D eigenvalue weighted by Crippen LogP contribution is -2.15. The molecule has 0 amide bonds. The van der Waals surface area contributed by atoms with E-state index in [2.05, 4.69) is 0 Å². The Hall–Kier alpha value is -2.11. The van der Waals surface area contributed by atoms with Gasteiger partial charge in [0.2, 0.25) is 0 Å². The van der Waals surface area contributed by atoms with Gasteiger partial charge < -0.3 is 9.47 Å². The van der Waals surface area contributed by atoms with Crippen LogP contribution in [-0.4, -0.2) is 23.6 Å². The lowest BCUT2D eigenvalue weighted by atomic mass is 10.1. The number of ether oxygens (including phenoxy) is 2. The third-order valence-electron chi connectivity index (χ3n) is 2.05. The zero-order chi connectivity index (χ0) is 13.7.